The molecule has 0 saturated heterocycles. The molecule has 40 heavy (non-hydrogen) atoms. The number of carbonyl (C=O) groups is 2. The second-order valence-electron chi connectivity index (χ2n) is 10.5. The monoisotopic (exact) mass is 550 g/mol. The lowest BCUT2D eigenvalue weighted by Gasteiger charge is -2.40. The van der Waals surface area contributed by atoms with Gasteiger partial charge in [0.15, 0.2) is 29.5 Å². The number of carbonyl (C=O) groups excluding carboxylic acids is 2. The molecule has 0 amide bonds. The maximum absolute atomic E-state index is 14.2. The van der Waals surface area contributed by atoms with Gasteiger partial charge in [0.05, 0.1) is 20.1 Å². The zero-order chi connectivity index (χ0) is 28.0. The molecule has 7 heteroatoms. The highest BCUT2D eigenvalue weighted by molar-refractivity contribution is 6.85. The van der Waals surface area contributed by atoms with Crippen molar-refractivity contribution in [2.45, 2.75) is 31.2 Å². The molecule has 4 aromatic carbocycles. The van der Waals surface area contributed by atoms with Crippen LogP contribution in [0.25, 0.3) is 11.1 Å². The van der Waals surface area contributed by atoms with E-state index in [9.17, 15) is 9.59 Å². The van der Waals surface area contributed by atoms with E-state index in [0.717, 1.165) is 27.4 Å². The van der Waals surface area contributed by atoms with Crippen molar-refractivity contribution in [2.24, 2.45) is 0 Å². The number of esters is 1. The third kappa shape index (κ3) is 4.22. The van der Waals surface area contributed by atoms with Gasteiger partial charge >= 0.3 is 5.97 Å². The summed E-state index contributed by atoms with van der Waals surface area (Å²) in [4.78, 5) is 28.3. The number of Topliss-reactive ketones (excluding diaryl/α,β-unsaturated/α-hetero) is 1. The number of ketones is 1. The van der Waals surface area contributed by atoms with Crippen molar-refractivity contribution in [3.05, 3.63) is 113 Å². The summed E-state index contributed by atoms with van der Waals surface area (Å²) in [6, 6.07) is 28.6. The lowest BCUT2D eigenvalue weighted by molar-refractivity contribution is -0.157. The molecule has 6 nitrogen and oxygen atoms in total. The fourth-order valence-electron chi connectivity index (χ4n) is 5.95. The molecule has 1 aliphatic carbocycles. The Morgan fingerprint density at radius 1 is 0.725 bits per heavy atom. The summed E-state index contributed by atoms with van der Waals surface area (Å²) >= 11 is 0. The first kappa shape index (κ1) is 26.0. The summed E-state index contributed by atoms with van der Waals surface area (Å²) in [6.45, 7) is 4.03. The van der Waals surface area contributed by atoms with E-state index in [4.69, 9.17) is 18.6 Å². The average Bonchev–Trinajstić information content (AvgIpc) is 3.29. The molecule has 4 aromatic rings. The predicted octanol–water partition coefficient (Wildman–Crippen LogP) is 5.79. The van der Waals surface area contributed by atoms with E-state index in [1.165, 1.54) is 0 Å². The second kappa shape index (κ2) is 10.1. The Kier molecular flexibility index (Phi) is 6.56. The first-order chi connectivity index (χ1) is 19.3. The van der Waals surface area contributed by atoms with Gasteiger partial charge in [0.2, 0.25) is 8.32 Å². The molecule has 6 rings (SSSR count). The molecule has 2 aliphatic rings. The number of fused-ring (bicyclic) bond motifs is 4. The number of methoxy groups -OCH3 is 2. The molecule has 0 N–H and O–H groups in total. The minimum absolute atomic E-state index is 0.215. The first-order valence-electron chi connectivity index (χ1n) is 13.3. The molecular formula is C33H30O6Si. The maximum Gasteiger partial charge on any atom is 0.336 e. The maximum atomic E-state index is 14.2. The van der Waals surface area contributed by atoms with E-state index in [0.29, 0.717) is 22.6 Å². The highest BCUT2D eigenvalue weighted by Crippen LogP contribution is 2.46. The number of rotatable bonds is 6. The molecule has 1 aliphatic heterocycles. The van der Waals surface area contributed by atoms with E-state index in [2.05, 4.69) is 0 Å². The normalized spacial score (nSPS) is 18.7. The summed E-state index contributed by atoms with van der Waals surface area (Å²) in [5.41, 5.74) is 5.11. The average molecular weight is 551 g/mol. The highest BCUT2D eigenvalue weighted by atomic mass is 28.4. The van der Waals surface area contributed by atoms with Crippen molar-refractivity contribution < 1.29 is 28.2 Å². The number of hydrogen-bond acceptors (Lipinski definition) is 6. The number of hydrogen-bond donors (Lipinski definition) is 0. The molecule has 202 valence electrons. The van der Waals surface area contributed by atoms with Gasteiger partial charge < -0.3 is 18.6 Å². The largest absolute Gasteiger partial charge is 0.493 e. The Balaban J connectivity index is 1.46. The van der Waals surface area contributed by atoms with Gasteiger partial charge in [-0.1, -0.05) is 78.9 Å². The van der Waals surface area contributed by atoms with Crippen LogP contribution in [-0.2, 0) is 14.0 Å². The summed E-state index contributed by atoms with van der Waals surface area (Å²) in [7, 11) is 0.436. The van der Waals surface area contributed by atoms with Crippen molar-refractivity contribution in [2.75, 3.05) is 14.2 Å². The van der Waals surface area contributed by atoms with Gasteiger partial charge in [-0.05, 0) is 47.1 Å². The lowest BCUT2D eigenvalue weighted by atomic mass is 9.85. The minimum atomic E-state index is -2.70. The van der Waals surface area contributed by atoms with Crippen LogP contribution in [0, 0.1) is 0 Å². The Hall–Kier alpha value is -4.20. The van der Waals surface area contributed by atoms with Gasteiger partial charge in [0.25, 0.3) is 0 Å². The summed E-state index contributed by atoms with van der Waals surface area (Å²) in [6.07, 6.45) is -1.72. The van der Waals surface area contributed by atoms with Gasteiger partial charge in [-0.3, -0.25) is 4.79 Å². The van der Waals surface area contributed by atoms with Gasteiger partial charge in [-0.25, -0.2) is 4.79 Å². The quantitative estimate of drug-likeness (QED) is 0.172. The van der Waals surface area contributed by atoms with Crippen molar-refractivity contribution in [1.29, 1.82) is 0 Å². The topological polar surface area (TPSA) is 71.1 Å². The molecule has 0 unspecified atom stereocenters. The molecule has 0 fully saturated rings. The van der Waals surface area contributed by atoms with Crippen LogP contribution in [0.3, 0.4) is 0 Å². The SMILES string of the molecule is COc1cc2c(cc1OC)[Si](C)(C)O[C@H](C(=O)OC1c3ccccc3-c3ccccc31)[C@H]2C(=O)c1ccccc1. The fraction of sp³-hybridized carbons (Fsp3) is 0.212. The van der Waals surface area contributed by atoms with Crippen LogP contribution < -0.4 is 14.7 Å². The third-order valence-corrected chi connectivity index (χ3v) is 10.4. The Bertz CT molecular complexity index is 1570. The van der Waals surface area contributed by atoms with Crippen LogP contribution in [0.5, 0.6) is 11.5 Å². The van der Waals surface area contributed by atoms with Crippen LogP contribution in [0.4, 0.5) is 0 Å². The molecule has 1 heterocycles. The third-order valence-electron chi connectivity index (χ3n) is 7.85. The van der Waals surface area contributed by atoms with E-state index in [1.807, 2.05) is 92.0 Å². The van der Waals surface area contributed by atoms with Crippen molar-refractivity contribution >= 4 is 25.3 Å². The van der Waals surface area contributed by atoms with Crippen molar-refractivity contribution in [3.8, 4) is 22.6 Å². The molecule has 0 aromatic heterocycles. The Morgan fingerprint density at radius 3 is 1.88 bits per heavy atom. The molecular weight excluding hydrogens is 520 g/mol. The van der Waals surface area contributed by atoms with Gasteiger partial charge in [0, 0.05) is 16.7 Å². The lowest BCUT2D eigenvalue weighted by Crippen LogP contribution is -2.58. The number of benzene rings is 4. The zero-order valence-electron chi connectivity index (χ0n) is 22.8. The van der Waals surface area contributed by atoms with Crippen molar-refractivity contribution in [3.63, 3.8) is 0 Å². The summed E-state index contributed by atoms with van der Waals surface area (Å²) in [5.74, 6) is -0.655. The first-order valence-corrected chi connectivity index (χ1v) is 16.2. The number of ether oxygens (including phenoxy) is 3. The minimum Gasteiger partial charge on any atom is -0.493 e. The van der Waals surface area contributed by atoms with Crippen molar-refractivity contribution in [1.82, 2.24) is 0 Å². The van der Waals surface area contributed by atoms with Crippen LogP contribution >= 0.6 is 0 Å². The standard InChI is InChI=1S/C33H30O6Si/c1-36-26-18-25-28(19-27(26)37-2)40(3,4)39-32(29(25)30(34)20-12-6-5-7-13-20)33(35)38-31-23-16-10-8-14-21(23)22-15-9-11-17-24(22)31/h5-19,29,31-32H,1-4H3/t29-,32+/m1/s1. The van der Waals surface area contributed by atoms with Crippen LogP contribution in [0.2, 0.25) is 13.1 Å². The summed E-state index contributed by atoms with van der Waals surface area (Å²) in [5, 5.41) is 0.889. The summed E-state index contributed by atoms with van der Waals surface area (Å²) < 4.78 is 24.1. The van der Waals surface area contributed by atoms with Crippen LogP contribution in [0.1, 0.15) is 39.1 Å². The second-order valence-corrected chi connectivity index (χ2v) is 14.3. The Labute approximate surface area is 234 Å². The zero-order valence-corrected chi connectivity index (χ0v) is 23.8. The molecule has 0 saturated carbocycles. The van der Waals surface area contributed by atoms with Gasteiger partial charge in [-0.15, -0.1) is 0 Å². The van der Waals surface area contributed by atoms with Crippen LogP contribution in [0.15, 0.2) is 91.0 Å². The van der Waals surface area contributed by atoms with Gasteiger partial charge in [0.1, 0.15) is 0 Å². The van der Waals surface area contributed by atoms with E-state index in [1.54, 1.807) is 26.4 Å². The van der Waals surface area contributed by atoms with Crippen LogP contribution in [-0.4, -0.2) is 40.4 Å². The van der Waals surface area contributed by atoms with E-state index < -0.39 is 32.4 Å². The van der Waals surface area contributed by atoms with E-state index >= 15 is 0 Å². The van der Waals surface area contributed by atoms with Gasteiger partial charge in [-0.2, -0.15) is 0 Å². The molecule has 0 radical (unpaired) electrons. The highest BCUT2D eigenvalue weighted by Gasteiger charge is 2.50. The van der Waals surface area contributed by atoms with E-state index in [-0.39, 0.29) is 5.78 Å². The Morgan fingerprint density at radius 2 is 1.27 bits per heavy atom. The molecule has 0 bridgehead atoms. The molecule has 0 spiro atoms. The fourth-order valence-corrected chi connectivity index (χ4v) is 8.35. The smallest absolute Gasteiger partial charge is 0.336 e. The predicted molar refractivity (Wildman–Crippen MR) is 155 cm³/mol. The molecule has 2 atom stereocenters.